The number of nitrogens with zero attached hydrogens (tertiary/aromatic N) is 2. The minimum absolute atomic E-state index is 0.0182. The van der Waals surface area contributed by atoms with Crippen LogP contribution in [0.15, 0.2) is 53.0 Å². The molecule has 4 rings (SSSR count). The van der Waals surface area contributed by atoms with Crippen LogP contribution in [-0.4, -0.2) is 22.3 Å². The summed E-state index contributed by atoms with van der Waals surface area (Å²) in [6, 6.07) is 15.4. The van der Waals surface area contributed by atoms with Crippen molar-refractivity contribution in [2.24, 2.45) is 0 Å². The molecular formula is C21H19BrFN3OS. The number of hydrogen-bond donors (Lipinski definition) is 1. The van der Waals surface area contributed by atoms with Crippen LogP contribution in [0, 0.1) is 5.82 Å². The van der Waals surface area contributed by atoms with E-state index in [1.165, 1.54) is 21.8 Å². The van der Waals surface area contributed by atoms with E-state index < -0.39 is 5.82 Å². The molecule has 1 aliphatic heterocycles. The molecule has 2 heterocycles. The first-order chi connectivity index (χ1) is 13.6. The van der Waals surface area contributed by atoms with Gasteiger partial charge in [0.05, 0.1) is 16.6 Å². The summed E-state index contributed by atoms with van der Waals surface area (Å²) < 4.78 is 14.4. The zero-order valence-electron chi connectivity index (χ0n) is 15.1. The van der Waals surface area contributed by atoms with E-state index in [1.54, 1.807) is 18.2 Å². The van der Waals surface area contributed by atoms with E-state index in [1.807, 2.05) is 6.07 Å². The first kappa shape index (κ1) is 19.2. The Morgan fingerprint density at radius 1 is 1.21 bits per heavy atom. The van der Waals surface area contributed by atoms with Crippen molar-refractivity contribution in [1.82, 2.24) is 9.88 Å². The average Bonchev–Trinajstić information content (AvgIpc) is 3.07. The minimum atomic E-state index is -0.396. The first-order valence-corrected chi connectivity index (χ1v) is 10.7. The van der Waals surface area contributed by atoms with Crippen LogP contribution in [0.2, 0.25) is 0 Å². The van der Waals surface area contributed by atoms with Crippen LogP contribution in [0.4, 0.5) is 9.52 Å². The lowest BCUT2D eigenvalue weighted by Crippen LogP contribution is -2.29. The van der Waals surface area contributed by atoms with Gasteiger partial charge in [-0.15, -0.1) is 11.3 Å². The van der Waals surface area contributed by atoms with Gasteiger partial charge in [0.1, 0.15) is 5.82 Å². The normalized spacial score (nSPS) is 13.9. The summed E-state index contributed by atoms with van der Waals surface area (Å²) >= 11 is 4.66. The Kier molecular flexibility index (Phi) is 5.85. The molecule has 0 bridgehead atoms. The van der Waals surface area contributed by atoms with Gasteiger partial charge in [-0.05, 0) is 33.1 Å². The molecule has 1 aliphatic rings. The van der Waals surface area contributed by atoms with Crippen LogP contribution >= 0.6 is 27.3 Å². The lowest BCUT2D eigenvalue weighted by molar-refractivity contribution is -0.115. The highest BCUT2D eigenvalue weighted by molar-refractivity contribution is 9.10. The summed E-state index contributed by atoms with van der Waals surface area (Å²) in [4.78, 5) is 20.5. The van der Waals surface area contributed by atoms with Gasteiger partial charge in [0.25, 0.3) is 0 Å². The summed E-state index contributed by atoms with van der Waals surface area (Å²) in [7, 11) is 0. The van der Waals surface area contributed by atoms with Gasteiger partial charge in [0.2, 0.25) is 5.91 Å². The van der Waals surface area contributed by atoms with E-state index in [0.29, 0.717) is 15.2 Å². The summed E-state index contributed by atoms with van der Waals surface area (Å²) in [5, 5.41) is 3.42. The molecule has 0 unspecified atom stereocenters. The molecule has 0 saturated heterocycles. The van der Waals surface area contributed by atoms with Crippen molar-refractivity contribution in [3.63, 3.8) is 0 Å². The van der Waals surface area contributed by atoms with Gasteiger partial charge < -0.3 is 5.32 Å². The molecule has 2 aromatic carbocycles. The standard InChI is InChI=1S/C21H19BrFN3OS/c22-16-8-4-7-15(20(16)23)11-19(27)25-21-24-17-9-10-26(13-18(17)28-21)12-14-5-2-1-3-6-14/h1-8H,9-13H2,(H,24,25,27). The number of thiazole rings is 1. The van der Waals surface area contributed by atoms with E-state index in [0.717, 1.165) is 31.7 Å². The van der Waals surface area contributed by atoms with E-state index >= 15 is 0 Å². The van der Waals surface area contributed by atoms with E-state index in [-0.39, 0.29) is 12.3 Å². The Morgan fingerprint density at radius 2 is 2.04 bits per heavy atom. The lowest BCUT2D eigenvalue weighted by Gasteiger charge is -2.25. The quantitative estimate of drug-likeness (QED) is 0.596. The van der Waals surface area contributed by atoms with Gasteiger partial charge in [0.15, 0.2) is 5.13 Å². The molecule has 1 amide bonds. The predicted molar refractivity (Wildman–Crippen MR) is 113 cm³/mol. The summed E-state index contributed by atoms with van der Waals surface area (Å²) in [5.74, 6) is -0.656. The third-order valence-corrected chi connectivity index (χ3v) is 6.30. The van der Waals surface area contributed by atoms with Gasteiger partial charge in [-0.2, -0.15) is 0 Å². The smallest absolute Gasteiger partial charge is 0.230 e. The van der Waals surface area contributed by atoms with Crippen molar-refractivity contribution in [1.29, 1.82) is 0 Å². The Labute approximate surface area is 175 Å². The Balaban J connectivity index is 1.39. The van der Waals surface area contributed by atoms with Crippen molar-refractivity contribution < 1.29 is 9.18 Å². The molecule has 0 spiro atoms. The van der Waals surface area contributed by atoms with Crippen molar-refractivity contribution >= 4 is 38.3 Å². The summed E-state index contributed by atoms with van der Waals surface area (Å²) in [6.45, 7) is 2.68. The third-order valence-electron chi connectivity index (χ3n) is 4.69. The molecule has 0 saturated carbocycles. The number of aromatic nitrogens is 1. The number of hydrogen-bond acceptors (Lipinski definition) is 4. The third kappa shape index (κ3) is 4.48. The Bertz CT molecular complexity index is 993. The second-order valence-corrected chi connectivity index (χ2v) is 8.71. The highest BCUT2D eigenvalue weighted by Gasteiger charge is 2.21. The van der Waals surface area contributed by atoms with Gasteiger partial charge in [-0.3, -0.25) is 9.69 Å². The minimum Gasteiger partial charge on any atom is -0.302 e. The molecule has 144 valence electrons. The number of fused-ring (bicyclic) bond motifs is 1. The number of nitrogens with one attached hydrogen (secondary N) is 1. The van der Waals surface area contributed by atoms with E-state index in [9.17, 15) is 9.18 Å². The maximum Gasteiger partial charge on any atom is 0.230 e. The highest BCUT2D eigenvalue weighted by atomic mass is 79.9. The molecule has 7 heteroatoms. The number of halogens is 2. The van der Waals surface area contributed by atoms with Crippen molar-refractivity contribution in [2.75, 3.05) is 11.9 Å². The van der Waals surface area contributed by atoms with Crippen LogP contribution < -0.4 is 5.32 Å². The fourth-order valence-electron chi connectivity index (χ4n) is 3.30. The SMILES string of the molecule is O=C(Cc1cccc(Br)c1F)Nc1nc2c(s1)CN(Cc1ccccc1)CC2. The maximum atomic E-state index is 14.1. The number of carbonyl (C=O) groups is 1. The first-order valence-electron chi connectivity index (χ1n) is 9.06. The monoisotopic (exact) mass is 459 g/mol. The second kappa shape index (κ2) is 8.51. The van der Waals surface area contributed by atoms with Crippen LogP contribution in [0.1, 0.15) is 21.7 Å². The van der Waals surface area contributed by atoms with Crippen LogP contribution in [0.25, 0.3) is 0 Å². The number of anilines is 1. The molecular weight excluding hydrogens is 441 g/mol. The van der Waals surface area contributed by atoms with Crippen LogP contribution in [0.3, 0.4) is 0 Å². The topological polar surface area (TPSA) is 45.2 Å². The maximum absolute atomic E-state index is 14.1. The Morgan fingerprint density at radius 3 is 2.86 bits per heavy atom. The van der Waals surface area contributed by atoms with Gasteiger partial charge >= 0.3 is 0 Å². The van der Waals surface area contributed by atoms with Crippen LogP contribution in [0.5, 0.6) is 0 Å². The number of carbonyl (C=O) groups excluding carboxylic acids is 1. The fraction of sp³-hybridized carbons (Fsp3) is 0.238. The number of benzene rings is 2. The fourth-order valence-corrected chi connectivity index (χ4v) is 4.77. The largest absolute Gasteiger partial charge is 0.302 e. The zero-order chi connectivity index (χ0) is 19.5. The molecule has 3 aromatic rings. The predicted octanol–water partition coefficient (Wildman–Crippen LogP) is 4.78. The molecule has 0 aliphatic carbocycles. The van der Waals surface area contributed by atoms with Crippen molar-refractivity contribution in [2.45, 2.75) is 25.9 Å². The van der Waals surface area contributed by atoms with Crippen LogP contribution in [-0.2, 0) is 30.7 Å². The molecule has 1 N–H and O–H groups in total. The summed E-state index contributed by atoms with van der Waals surface area (Å²) in [6.07, 6.45) is 0.852. The van der Waals surface area contributed by atoms with Crippen molar-refractivity contribution in [3.05, 3.63) is 80.5 Å². The summed E-state index contributed by atoms with van der Waals surface area (Å²) in [5.41, 5.74) is 2.71. The second-order valence-electron chi connectivity index (χ2n) is 6.77. The molecule has 0 atom stereocenters. The van der Waals surface area contributed by atoms with Gasteiger partial charge in [0, 0.05) is 30.9 Å². The van der Waals surface area contributed by atoms with Gasteiger partial charge in [-0.1, -0.05) is 42.5 Å². The lowest BCUT2D eigenvalue weighted by atomic mass is 10.1. The van der Waals surface area contributed by atoms with E-state index in [4.69, 9.17) is 0 Å². The zero-order valence-corrected chi connectivity index (χ0v) is 17.5. The Hall–Kier alpha value is -2.09. The number of rotatable bonds is 5. The molecule has 1 aromatic heterocycles. The van der Waals surface area contributed by atoms with Gasteiger partial charge in [-0.25, -0.2) is 9.37 Å². The average molecular weight is 460 g/mol. The highest BCUT2D eigenvalue weighted by Crippen LogP contribution is 2.29. The molecule has 0 radical (unpaired) electrons. The molecule has 28 heavy (non-hydrogen) atoms. The number of amides is 1. The molecule has 4 nitrogen and oxygen atoms in total. The van der Waals surface area contributed by atoms with Crippen molar-refractivity contribution in [3.8, 4) is 0 Å². The molecule has 0 fully saturated rings. The van der Waals surface area contributed by atoms with E-state index in [2.05, 4.69) is 55.4 Å².